The van der Waals surface area contributed by atoms with Crippen LogP contribution in [0.15, 0.2) is 109 Å². The van der Waals surface area contributed by atoms with E-state index in [1.54, 1.807) is 38.1 Å². The Morgan fingerprint density at radius 1 is 0.356 bits per heavy atom. The van der Waals surface area contributed by atoms with Crippen molar-refractivity contribution in [2.45, 2.75) is 240 Å². The number of benzene rings is 4. The second-order valence-corrected chi connectivity index (χ2v) is 30.4. The van der Waals surface area contributed by atoms with Crippen LogP contribution in [0, 0.1) is 0 Å². The number of aliphatic carboxylic acids is 6. The average molecular weight is 1690 g/mol. The number of aryl methyl sites for hydroxylation is 2. The maximum Gasteiger partial charge on any atom is 0.326 e. The van der Waals surface area contributed by atoms with Crippen molar-refractivity contribution in [3.05, 3.63) is 141 Å². The number of carboxylic acids is 6. The molecule has 8 rings (SSSR count). The third kappa shape index (κ3) is 33.5. The third-order valence-corrected chi connectivity index (χ3v) is 21.5. The molecule has 4 aliphatic rings. The number of esters is 2. The number of hydrogen-bond acceptors (Lipinski definition) is 22. The summed E-state index contributed by atoms with van der Waals surface area (Å²) in [7, 11) is 0. The molecule has 4 fully saturated rings. The van der Waals surface area contributed by atoms with Gasteiger partial charge in [-0.15, -0.1) is 0 Å². The highest BCUT2D eigenvalue weighted by atomic mass is 35.5. The van der Waals surface area contributed by atoms with Crippen molar-refractivity contribution in [3.8, 4) is 0 Å². The molecule has 18 N–H and O–H groups in total. The summed E-state index contributed by atoms with van der Waals surface area (Å²) in [5.41, 5.74) is 26.1. The van der Waals surface area contributed by atoms with Gasteiger partial charge in [-0.05, 0) is 228 Å². The van der Waals surface area contributed by atoms with Crippen molar-refractivity contribution in [3.63, 3.8) is 0 Å². The number of hydrogen-bond donors (Lipinski definition) is 14. The molecule has 0 bridgehead atoms. The summed E-state index contributed by atoms with van der Waals surface area (Å²) >= 11 is 11.8. The molecular weight excluding hydrogens is 1570 g/mol. The molecule has 4 aromatic rings. The fraction of sp³-hybridized carbons (Fsp3) is 0.571. The number of carbonyl (C=O) groups excluding carboxylic acids is 6. The molecule has 4 aromatic carbocycles. The third-order valence-electron chi connectivity index (χ3n) is 20.9. The Labute approximate surface area is 700 Å². The summed E-state index contributed by atoms with van der Waals surface area (Å²) in [4.78, 5) is 153. The predicted molar refractivity (Wildman–Crippen MR) is 443 cm³/mol. The van der Waals surface area contributed by atoms with Gasteiger partial charge in [0, 0.05) is 36.2 Å². The van der Waals surface area contributed by atoms with Gasteiger partial charge in [0.1, 0.15) is 48.3 Å². The van der Waals surface area contributed by atoms with E-state index in [0.29, 0.717) is 204 Å². The lowest BCUT2D eigenvalue weighted by atomic mass is 10.0. The second kappa shape index (κ2) is 54.1. The molecule has 4 heterocycles. The van der Waals surface area contributed by atoms with E-state index >= 15 is 0 Å². The van der Waals surface area contributed by atoms with Gasteiger partial charge in [-0.3, -0.25) is 59.6 Å². The van der Waals surface area contributed by atoms with Crippen LogP contribution in [-0.2, 0) is 92.7 Å². The van der Waals surface area contributed by atoms with Crippen molar-refractivity contribution in [1.29, 1.82) is 0 Å². The van der Waals surface area contributed by atoms with Crippen molar-refractivity contribution < 1.29 is 97.6 Å². The number of amides is 4. The predicted octanol–water partition coefficient (Wildman–Crippen LogP) is 5.64. The number of nitrogens with one attached hydrogen (secondary N) is 4. The van der Waals surface area contributed by atoms with Crippen LogP contribution in [0.3, 0.4) is 0 Å². The van der Waals surface area contributed by atoms with Gasteiger partial charge in [-0.25, -0.2) is 19.2 Å². The molecule has 118 heavy (non-hydrogen) atoms. The second-order valence-electron chi connectivity index (χ2n) is 29.5. The van der Waals surface area contributed by atoms with Crippen molar-refractivity contribution in [2.24, 2.45) is 22.9 Å². The zero-order valence-corrected chi connectivity index (χ0v) is 69.1. The number of halogens is 2. The quantitative estimate of drug-likeness (QED) is 0.0188. The molecule has 0 unspecified atom stereocenters. The number of unbranched alkanes of at least 4 members (excludes halogenated alkanes) is 2. The van der Waals surface area contributed by atoms with E-state index in [0.717, 1.165) is 28.7 Å². The molecule has 4 aliphatic heterocycles. The van der Waals surface area contributed by atoms with E-state index < -0.39 is 120 Å². The Balaban J connectivity index is 0.000000281. The largest absolute Gasteiger partial charge is 0.480 e. The standard InChI is InChI=1S/C23H34ClN3O5.C21H30ClN3O5.C21H31N3O5.C19H27N3O5/c1-2-32-23(31)19(13-10-16-8-11-17(24)12-9-16)26-18(6-3-4-14-25)21(28)27-15-5-7-20(27)22(29)30;22-15-9-6-14(7-10-15)8-11-17(20(27)28)24-16(4-1-2-12-23)19(26)25-13-3-5-18(25)21(29)30;1-2-29-21(28)17(14-15-8-4-3-5-9-15)23-16(10-6-12-22)19(25)24-13-7-11-18(24)20(26)27;20-10-4-8-14(17(23)22-11-5-9-16(22)19(26)27)21-15(18(24)25)12-13-6-2-1-3-7-13/h8-9,11-12,18-20,26H,2-7,10,13-15,25H2,1H3,(H,29,30);6-7,9-10,16-18,24H,1-5,8,11-13,23H2,(H,27,28)(H,29,30);3-5,8-9,16-18,23H,2,6-7,10-14,22H2,1H3,(H,26,27);1-3,6-7,14-16,21H,4-5,8-12,20H2,(H,24,25)(H,26,27)/t18-,19-,20-;2*16-,17-,18-;14-,15-,16-/m0000/s1. The first-order chi connectivity index (χ1) is 56.6. The monoisotopic (exact) mass is 1690 g/mol. The van der Waals surface area contributed by atoms with Crippen LogP contribution in [0.1, 0.15) is 165 Å². The molecule has 0 spiro atoms. The van der Waals surface area contributed by atoms with E-state index in [1.165, 1.54) is 19.6 Å². The van der Waals surface area contributed by atoms with Gasteiger partial charge in [0.15, 0.2) is 0 Å². The molecule has 0 aromatic heterocycles. The maximum atomic E-state index is 13.3. The Morgan fingerprint density at radius 3 is 0.941 bits per heavy atom. The summed E-state index contributed by atoms with van der Waals surface area (Å²) < 4.78 is 10.4. The zero-order chi connectivity index (χ0) is 86.6. The highest BCUT2D eigenvalue weighted by molar-refractivity contribution is 6.30. The van der Waals surface area contributed by atoms with E-state index in [9.17, 15) is 88.2 Å². The lowest BCUT2D eigenvalue weighted by Crippen LogP contribution is -2.55. The summed E-state index contributed by atoms with van der Waals surface area (Å²) in [6.07, 6.45) is 12.2. The molecular formula is C84H122Cl2N12O20. The molecule has 652 valence electrons. The highest BCUT2D eigenvalue weighted by Crippen LogP contribution is 2.26. The molecule has 32 nitrogen and oxygen atoms in total. The Hall–Kier alpha value is -9.22. The topological polar surface area (TPSA) is 510 Å². The Morgan fingerprint density at radius 2 is 0.636 bits per heavy atom. The van der Waals surface area contributed by atoms with Gasteiger partial charge in [0.2, 0.25) is 23.6 Å². The van der Waals surface area contributed by atoms with Crippen molar-refractivity contribution >= 4 is 94.6 Å². The number of carbonyl (C=O) groups is 12. The fourth-order valence-electron chi connectivity index (χ4n) is 14.7. The van der Waals surface area contributed by atoms with Crippen LogP contribution in [0.25, 0.3) is 0 Å². The average Bonchev–Trinajstić information content (AvgIpc) is 1.67. The van der Waals surface area contributed by atoms with Crippen LogP contribution < -0.4 is 44.2 Å². The number of carboxylic acid groups (broad SMARTS) is 6. The van der Waals surface area contributed by atoms with Gasteiger partial charge in [0.05, 0.1) is 37.4 Å². The highest BCUT2D eigenvalue weighted by Gasteiger charge is 2.43. The van der Waals surface area contributed by atoms with Crippen molar-refractivity contribution in [2.75, 3.05) is 65.6 Å². The minimum atomic E-state index is -1.05. The van der Waals surface area contributed by atoms with Crippen LogP contribution in [-0.4, -0.2) is 260 Å². The summed E-state index contributed by atoms with van der Waals surface area (Å²) in [5, 5.41) is 70.4. The smallest absolute Gasteiger partial charge is 0.326 e. The molecule has 4 saturated heterocycles. The number of likely N-dealkylation sites (tertiary alicyclic amines) is 4. The summed E-state index contributed by atoms with van der Waals surface area (Å²) in [5.74, 6) is -8.32. The lowest BCUT2D eigenvalue weighted by Gasteiger charge is -2.30. The number of ether oxygens (including phenoxy) is 2. The Bertz CT molecular complexity index is 3790. The van der Waals surface area contributed by atoms with Gasteiger partial charge in [-0.1, -0.05) is 121 Å². The number of nitrogens with two attached hydrogens (primary N) is 4. The molecule has 0 radical (unpaired) electrons. The molecule has 0 saturated carbocycles. The van der Waals surface area contributed by atoms with Gasteiger partial charge < -0.3 is 82.6 Å². The first-order valence-corrected chi connectivity index (χ1v) is 41.7. The van der Waals surface area contributed by atoms with Gasteiger partial charge in [-0.2, -0.15) is 0 Å². The first-order valence-electron chi connectivity index (χ1n) is 40.9. The molecule has 12 atom stereocenters. The Kier molecular flexibility index (Phi) is 45.5. The summed E-state index contributed by atoms with van der Waals surface area (Å²) in [6.45, 7) is 7.22. The van der Waals surface area contributed by atoms with Crippen LogP contribution in [0.5, 0.6) is 0 Å². The van der Waals surface area contributed by atoms with Gasteiger partial charge >= 0.3 is 47.8 Å². The fourth-order valence-corrected chi connectivity index (χ4v) is 15.0. The van der Waals surface area contributed by atoms with E-state index in [4.69, 9.17) is 55.6 Å². The first kappa shape index (κ1) is 99.3. The maximum absolute atomic E-state index is 13.3. The van der Waals surface area contributed by atoms with Crippen molar-refractivity contribution in [1.82, 2.24) is 40.9 Å². The van der Waals surface area contributed by atoms with Gasteiger partial charge in [0.25, 0.3) is 0 Å². The number of rotatable bonds is 46. The SMILES string of the molecule is CCOC(=O)[C@H](CCc1ccc(Cl)cc1)N[C@@H](CCCCN)C(=O)N1CCC[C@H]1C(=O)O.CCOC(=O)[C@H](Cc1ccccc1)N[C@@H](CCCN)C(=O)N1CCC[C@H]1C(=O)O.NCCCC[C@H](N[C@@H](CCc1ccc(Cl)cc1)C(=O)O)C(=O)N1CCC[C@H]1C(=O)O.NCCC[C@H](N[C@@H](Cc1ccccc1)C(=O)O)C(=O)N1CCC[C@H]1C(=O)O. The summed E-state index contributed by atoms with van der Waals surface area (Å²) in [6, 6.07) is 23.6. The minimum absolute atomic E-state index is 0.227. The minimum Gasteiger partial charge on any atom is -0.480 e. The van der Waals surface area contributed by atoms with E-state index in [-0.39, 0.29) is 43.3 Å². The van der Waals surface area contributed by atoms with Crippen LogP contribution in [0.4, 0.5) is 0 Å². The molecule has 4 amide bonds. The molecule has 0 aliphatic carbocycles. The van der Waals surface area contributed by atoms with Crippen LogP contribution >= 0.6 is 23.2 Å². The normalized spacial score (nSPS) is 18.2. The van der Waals surface area contributed by atoms with E-state index in [1.807, 2.05) is 84.9 Å². The molecule has 34 heteroatoms. The van der Waals surface area contributed by atoms with E-state index in [2.05, 4.69) is 21.3 Å². The van der Waals surface area contributed by atoms with Crippen LogP contribution in [0.2, 0.25) is 10.0 Å². The lowest BCUT2D eigenvalue weighted by molar-refractivity contribution is -0.150. The number of nitrogens with zero attached hydrogens (tertiary/aromatic N) is 4. The zero-order valence-electron chi connectivity index (χ0n) is 67.6.